The summed E-state index contributed by atoms with van der Waals surface area (Å²) in [6, 6.07) is 2.26. The molecule has 0 radical (unpaired) electrons. The number of piperidine rings is 1. The average molecular weight is 538 g/mol. The highest BCUT2D eigenvalue weighted by atomic mass is 19.4. The van der Waals surface area contributed by atoms with E-state index in [0.717, 1.165) is 6.20 Å². The summed E-state index contributed by atoms with van der Waals surface area (Å²) in [4.78, 5) is 8.10. The van der Waals surface area contributed by atoms with Crippen molar-refractivity contribution in [3.05, 3.63) is 41.4 Å². The third kappa shape index (κ3) is 5.54. The van der Waals surface area contributed by atoms with Gasteiger partial charge in [-0.3, -0.25) is 0 Å². The smallest absolute Gasteiger partial charge is 0.365 e. The number of benzene rings is 1. The van der Waals surface area contributed by atoms with Crippen LogP contribution < -0.4 is 16.0 Å². The zero-order valence-corrected chi connectivity index (χ0v) is 21.3. The van der Waals surface area contributed by atoms with Gasteiger partial charge in [0.05, 0.1) is 17.6 Å². The molecule has 3 aromatic rings. The van der Waals surface area contributed by atoms with Gasteiger partial charge in [0.25, 0.3) is 5.82 Å². The van der Waals surface area contributed by atoms with Gasteiger partial charge in [-0.05, 0) is 87.4 Å². The summed E-state index contributed by atoms with van der Waals surface area (Å²) in [5.41, 5.74) is -0.233. The Morgan fingerprint density at radius 1 is 1.03 bits per heavy atom. The van der Waals surface area contributed by atoms with Crippen LogP contribution in [0.1, 0.15) is 70.7 Å². The number of aromatic nitrogens is 6. The third-order valence-electron chi connectivity index (χ3n) is 6.61. The molecule has 0 amide bonds. The molecule has 2 fully saturated rings. The van der Waals surface area contributed by atoms with Crippen molar-refractivity contribution in [3.8, 4) is 5.69 Å². The first-order chi connectivity index (χ1) is 17.7. The van der Waals surface area contributed by atoms with E-state index in [1.54, 1.807) is 0 Å². The molecular weight excluding hydrogens is 509 g/mol. The molecule has 3 heterocycles. The minimum Gasteiger partial charge on any atom is -0.365 e. The van der Waals surface area contributed by atoms with E-state index in [4.69, 9.17) is 0 Å². The van der Waals surface area contributed by atoms with Gasteiger partial charge < -0.3 is 16.0 Å². The second-order valence-corrected chi connectivity index (χ2v) is 11.2. The maximum atomic E-state index is 15.1. The molecule has 2 aromatic heterocycles. The van der Waals surface area contributed by atoms with Crippen molar-refractivity contribution in [1.29, 1.82) is 0 Å². The summed E-state index contributed by atoms with van der Waals surface area (Å²) in [6.45, 7) is 8.25. The Hall–Kier alpha value is -3.42. The van der Waals surface area contributed by atoms with Gasteiger partial charge >= 0.3 is 6.18 Å². The van der Waals surface area contributed by atoms with Crippen LogP contribution in [0.3, 0.4) is 0 Å². The molecule has 1 saturated heterocycles. The van der Waals surface area contributed by atoms with Crippen LogP contribution in [0, 0.1) is 11.6 Å². The van der Waals surface area contributed by atoms with E-state index in [-0.39, 0.29) is 46.2 Å². The van der Waals surface area contributed by atoms with Crippen LogP contribution in [0.15, 0.2) is 18.3 Å². The predicted molar refractivity (Wildman–Crippen MR) is 129 cm³/mol. The molecule has 0 unspecified atom stereocenters. The van der Waals surface area contributed by atoms with Crippen LogP contribution >= 0.6 is 0 Å². The number of rotatable bonds is 6. The fraction of sp³-hybridized carbons (Fsp3) is 0.542. The summed E-state index contributed by atoms with van der Waals surface area (Å²) in [6.07, 6.45) is -1.03. The van der Waals surface area contributed by atoms with E-state index in [9.17, 15) is 17.6 Å². The lowest BCUT2D eigenvalue weighted by atomic mass is 9.79. The largest absolute Gasteiger partial charge is 0.453 e. The number of tetrazole rings is 1. The molecule has 14 heteroatoms. The van der Waals surface area contributed by atoms with E-state index in [0.29, 0.717) is 35.9 Å². The van der Waals surface area contributed by atoms with Gasteiger partial charge in [-0.2, -0.15) is 22.8 Å². The number of nitrogens with one attached hydrogen (secondary N) is 3. The van der Waals surface area contributed by atoms with Gasteiger partial charge in [-0.15, -0.1) is 5.10 Å². The van der Waals surface area contributed by atoms with Crippen LogP contribution in [0.2, 0.25) is 0 Å². The Labute approximate surface area is 215 Å². The van der Waals surface area contributed by atoms with Crippen molar-refractivity contribution in [2.24, 2.45) is 0 Å². The quantitative estimate of drug-likeness (QED) is 0.374. The highest BCUT2D eigenvalue weighted by Gasteiger charge is 2.40. The molecule has 0 bridgehead atoms. The maximum Gasteiger partial charge on any atom is 0.453 e. The lowest BCUT2D eigenvalue weighted by Crippen LogP contribution is -2.60. The fourth-order valence-corrected chi connectivity index (χ4v) is 5.37. The molecule has 204 valence electrons. The Kier molecular flexibility index (Phi) is 6.27. The number of hydrogen-bond acceptors (Lipinski definition) is 8. The van der Waals surface area contributed by atoms with Gasteiger partial charge in [-0.25, -0.2) is 13.8 Å². The van der Waals surface area contributed by atoms with Crippen LogP contribution in [-0.4, -0.2) is 47.3 Å². The van der Waals surface area contributed by atoms with Crippen molar-refractivity contribution < 1.29 is 22.0 Å². The number of halogens is 5. The van der Waals surface area contributed by atoms with E-state index < -0.39 is 23.6 Å². The molecule has 5 rings (SSSR count). The van der Waals surface area contributed by atoms with Gasteiger partial charge in [0.15, 0.2) is 11.6 Å². The van der Waals surface area contributed by atoms with Crippen molar-refractivity contribution in [1.82, 2.24) is 35.5 Å². The summed E-state index contributed by atoms with van der Waals surface area (Å²) >= 11 is 0. The molecule has 0 atom stereocenters. The molecule has 3 N–H and O–H groups in total. The van der Waals surface area contributed by atoms with E-state index in [1.807, 2.05) is 0 Å². The second-order valence-electron chi connectivity index (χ2n) is 11.2. The topological polar surface area (TPSA) is 105 Å². The molecule has 1 aliphatic heterocycles. The van der Waals surface area contributed by atoms with Crippen molar-refractivity contribution in [3.63, 3.8) is 0 Å². The zero-order chi connectivity index (χ0) is 27.5. The van der Waals surface area contributed by atoms with Gasteiger partial charge in [0.2, 0.25) is 5.95 Å². The predicted octanol–water partition coefficient (Wildman–Crippen LogP) is 5.09. The number of hydrogen-bond donors (Lipinski definition) is 3. The Bertz CT molecular complexity index is 1330. The summed E-state index contributed by atoms with van der Waals surface area (Å²) in [5.74, 6) is -3.02. The number of anilines is 3. The van der Waals surface area contributed by atoms with Crippen LogP contribution in [0.4, 0.5) is 39.4 Å². The highest BCUT2D eigenvalue weighted by molar-refractivity contribution is 5.63. The molecule has 2 aliphatic rings. The Balaban J connectivity index is 1.45. The molecule has 1 saturated carbocycles. The maximum absolute atomic E-state index is 15.1. The summed E-state index contributed by atoms with van der Waals surface area (Å²) < 4.78 is 70.8. The van der Waals surface area contributed by atoms with Crippen LogP contribution in [0.5, 0.6) is 0 Å². The fourth-order valence-electron chi connectivity index (χ4n) is 5.37. The van der Waals surface area contributed by atoms with Crippen molar-refractivity contribution in [2.45, 2.75) is 82.6 Å². The first-order valence-electron chi connectivity index (χ1n) is 12.3. The number of alkyl halides is 3. The van der Waals surface area contributed by atoms with Crippen molar-refractivity contribution >= 4 is 17.5 Å². The molecule has 1 aliphatic carbocycles. The normalized spacial score (nSPS) is 19.4. The summed E-state index contributed by atoms with van der Waals surface area (Å²) in [5, 5.41) is 19.1. The van der Waals surface area contributed by atoms with Crippen molar-refractivity contribution in [2.75, 3.05) is 10.6 Å². The first-order valence-corrected chi connectivity index (χ1v) is 12.3. The van der Waals surface area contributed by atoms with Gasteiger partial charge in [0.1, 0.15) is 5.82 Å². The van der Waals surface area contributed by atoms with Gasteiger partial charge in [-0.1, -0.05) is 0 Å². The zero-order valence-electron chi connectivity index (χ0n) is 21.3. The van der Waals surface area contributed by atoms with E-state index in [1.165, 1.54) is 12.1 Å². The molecule has 38 heavy (non-hydrogen) atoms. The van der Waals surface area contributed by atoms with Crippen LogP contribution in [-0.2, 0) is 6.18 Å². The minimum absolute atomic E-state index is 0.00615. The standard InChI is InChI=1S/C24H28F5N9/c1-22(2)9-13(10-23(3,4)35-22)31-19-16(26)11-30-21(33-19)32-17-8-18(14(7-15(17)25)12-5-6-12)38-20(24(27,28)29)34-36-37-38/h7-8,11-13,35H,5-6,9-10H2,1-4H3,(H2,30,31,32,33). The lowest BCUT2D eigenvalue weighted by Gasteiger charge is -2.46. The van der Waals surface area contributed by atoms with E-state index >= 15 is 4.39 Å². The van der Waals surface area contributed by atoms with Gasteiger partial charge in [0, 0.05) is 17.1 Å². The third-order valence-corrected chi connectivity index (χ3v) is 6.61. The molecular formula is C24H28F5N9. The lowest BCUT2D eigenvalue weighted by molar-refractivity contribution is -0.146. The Morgan fingerprint density at radius 2 is 1.71 bits per heavy atom. The minimum atomic E-state index is -4.81. The molecule has 9 nitrogen and oxygen atoms in total. The number of nitrogens with zero attached hydrogens (tertiary/aromatic N) is 6. The SMILES string of the molecule is CC1(C)CC(Nc2nc(Nc3cc(-n4nnnc4C(F)(F)F)c(C4CC4)cc3F)ncc2F)CC(C)(C)N1. The van der Waals surface area contributed by atoms with Crippen LogP contribution in [0.25, 0.3) is 5.69 Å². The first kappa shape index (κ1) is 26.2. The second kappa shape index (κ2) is 9.10. The van der Waals surface area contributed by atoms with E-state index in [2.05, 4.69) is 69.1 Å². The Morgan fingerprint density at radius 3 is 2.34 bits per heavy atom. The molecule has 0 spiro atoms. The summed E-state index contributed by atoms with van der Waals surface area (Å²) in [7, 11) is 0. The molecule has 1 aromatic carbocycles. The average Bonchev–Trinajstić information content (AvgIpc) is 3.49. The monoisotopic (exact) mass is 537 g/mol. The highest BCUT2D eigenvalue weighted by Crippen LogP contribution is 2.45.